The lowest BCUT2D eigenvalue weighted by Gasteiger charge is -2.36. The van der Waals surface area contributed by atoms with Crippen LogP contribution in [0.3, 0.4) is 0 Å². The number of halogens is 1. The number of ether oxygens (including phenoxy) is 1. The molecule has 0 radical (unpaired) electrons. The zero-order valence-corrected chi connectivity index (χ0v) is 20.2. The number of carbonyl (C=O) groups is 1. The molecule has 1 aliphatic heterocycles. The van der Waals surface area contributed by atoms with Crippen LogP contribution in [-0.4, -0.2) is 50.9 Å². The second-order valence-electron chi connectivity index (χ2n) is 8.32. The molecule has 1 fully saturated rings. The van der Waals surface area contributed by atoms with Crippen LogP contribution >= 0.6 is 11.6 Å². The Bertz CT molecular complexity index is 1130. The zero-order valence-electron chi connectivity index (χ0n) is 18.6. The molecule has 0 bridgehead atoms. The van der Waals surface area contributed by atoms with Crippen LogP contribution in [0, 0.1) is 22.0 Å². The van der Waals surface area contributed by atoms with Gasteiger partial charge < -0.3 is 9.64 Å². The molecule has 11 heteroatoms. The van der Waals surface area contributed by atoms with E-state index >= 15 is 0 Å². The topological polar surface area (TPSA) is 110 Å². The van der Waals surface area contributed by atoms with Crippen molar-refractivity contribution in [3.05, 3.63) is 57.6 Å². The lowest BCUT2D eigenvalue weighted by molar-refractivity contribution is -0.384. The van der Waals surface area contributed by atoms with Gasteiger partial charge in [0.05, 0.1) is 22.6 Å². The minimum atomic E-state index is -4.33. The highest BCUT2D eigenvalue weighted by Gasteiger charge is 2.33. The van der Waals surface area contributed by atoms with Gasteiger partial charge >= 0.3 is 0 Å². The zero-order chi connectivity index (χ0) is 24.3. The number of likely N-dealkylation sites (tertiary alicyclic amines) is 1. The summed E-state index contributed by atoms with van der Waals surface area (Å²) >= 11 is 5.86. The van der Waals surface area contributed by atoms with E-state index in [0.717, 1.165) is 22.9 Å². The number of rotatable bonds is 7. The van der Waals surface area contributed by atoms with Crippen LogP contribution < -0.4 is 9.04 Å². The van der Waals surface area contributed by atoms with Crippen LogP contribution in [0.5, 0.6) is 5.75 Å². The average Bonchev–Trinajstić information content (AvgIpc) is 2.76. The summed E-state index contributed by atoms with van der Waals surface area (Å²) in [6, 6.07) is 9.47. The number of nitro benzene ring substituents is 1. The molecule has 2 atom stereocenters. The van der Waals surface area contributed by atoms with E-state index in [4.69, 9.17) is 16.3 Å². The maximum atomic E-state index is 13.6. The summed E-state index contributed by atoms with van der Waals surface area (Å²) < 4.78 is 33.3. The summed E-state index contributed by atoms with van der Waals surface area (Å²) in [7, 11) is -2.84. The molecule has 1 aliphatic rings. The molecule has 0 saturated carbocycles. The number of methoxy groups -OCH3 is 1. The van der Waals surface area contributed by atoms with E-state index in [1.165, 1.54) is 25.3 Å². The van der Waals surface area contributed by atoms with E-state index in [-0.39, 0.29) is 21.5 Å². The maximum absolute atomic E-state index is 13.6. The molecule has 1 amide bonds. The standard InChI is InChI=1S/C22H26ClN3O6S/c1-15-10-16(2)13-24(12-15)22(27)14-25(17-4-6-18(32-3)7-5-17)33(30,31)19-8-9-20(23)21(11-19)26(28)29/h4-9,11,15-16H,10,12-14H2,1-3H3. The second kappa shape index (κ2) is 9.96. The highest BCUT2D eigenvalue weighted by molar-refractivity contribution is 7.92. The molecular weight excluding hydrogens is 470 g/mol. The number of piperidine rings is 1. The SMILES string of the molecule is COc1ccc(N(CC(=O)N2CC(C)CC(C)C2)S(=O)(=O)c2ccc(Cl)c([N+](=O)[O-])c2)cc1. The van der Waals surface area contributed by atoms with Crippen molar-refractivity contribution in [2.24, 2.45) is 11.8 Å². The summed E-state index contributed by atoms with van der Waals surface area (Å²) in [6.07, 6.45) is 0.999. The van der Waals surface area contributed by atoms with E-state index in [0.29, 0.717) is 30.7 Å². The van der Waals surface area contributed by atoms with Gasteiger partial charge in [-0.25, -0.2) is 8.42 Å². The molecule has 178 valence electrons. The largest absolute Gasteiger partial charge is 0.497 e. The van der Waals surface area contributed by atoms with Crippen molar-refractivity contribution in [1.29, 1.82) is 0 Å². The molecule has 0 aliphatic carbocycles. The number of hydrogen-bond acceptors (Lipinski definition) is 6. The third-order valence-electron chi connectivity index (χ3n) is 5.56. The smallest absolute Gasteiger partial charge is 0.289 e. The number of hydrogen-bond donors (Lipinski definition) is 0. The molecule has 33 heavy (non-hydrogen) atoms. The first-order valence-corrected chi connectivity index (χ1v) is 12.2. The molecule has 0 N–H and O–H groups in total. The Balaban J connectivity index is 2.02. The minimum Gasteiger partial charge on any atom is -0.497 e. The van der Waals surface area contributed by atoms with Crippen LogP contribution in [0.1, 0.15) is 20.3 Å². The molecular formula is C22H26ClN3O6S. The van der Waals surface area contributed by atoms with Gasteiger partial charge in [-0.1, -0.05) is 25.4 Å². The van der Waals surface area contributed by atoms with Crippen LogP contribution in [0.25, 0.3) is 0 Å². The molecule has 9 nitrogen and oxygen atoms in total. The number of carbonyl (C=O) groups excluding carboxylic acids is 1. The lowest BCUT2D eigenvalue weighted by atomic mass is 9.92. The van der Waals surface area contributed by atoms with Crippen molar-refractivity contribution >= 4 is 38.9 Å². The van der Waals surface area contributed by atoms with Gasteiger partial charge in [0, 0.05) is 19.2 Å². The number of nitro groups is 1. The average molecular weight is 496 g/mol. The van der Waals surface area contributed by atoms with E-state index in [9.17, 15) is 23.3 Å². The highest BCUT2D eigenvalue weighted by Crippen LogP contribution is 2.31. The van der Waals surface area contributed by atoms with E-state index in [2.05, 4.69) is 13.8 Å². The number of anilines is 1. The van der Waals surface area contributed by atoms with Crippen molar-refractivity contribution in [3.63, 3.8) is 0 Å². The predicted molar refractivity (Wildman–Crippen MR) is 125 cm³/mol. The van der Waals surface area contributed by atoms with E-state index < -0.39 is 27.2 Å². The Morgan fingerprint density at radius 1 is 1.18 bits per heavy atom. The molecule has 2 unspecified atom stereocenters. The van der Waals surface area contributed by atoms with Crippen molar-refractivity contribution < 1.29 is 22.9 Å². The maximum Gasteiger partial charge on any atom is 0.289 e. The molecule has 1 heterocycles. The Labute approximate surface area is 198 Å². The highest BCUT2D eigenvalue weighted by atomic mass is 35.5. The predicted octanol–water partition coefficient (Wildman–Crippen LogP) is 3.96. The fourth-order valence-corrected chi connectivity index (χ4v) is 5.69. The van der Waals surface area contributed by atoms with E-state index in [1.807, 2.05) is 0 Å². The van der Waals surface area contributed by atoms with Crippen LogP contribution in [0.15, 0.2) is 47.4 Å². The summed E-state index contributed by atoms with van der Waals surface area (Å²) in [5, 5.41) is 11.1. The molecule has 2 aromatic carbocycles. The third kappa shape index (κ3) is 5.56. The van der Waals surface area contributed by atoms with Crippen molar-refractivity contribution in [2.45, 2.75) is 25.2 Å². The first kappa shape index (κ1) is 24.8. The Morgan fingerprint density at radius 3 is 2.33 bits per heavy atom. The van der Waals surface area contributed by atoms with Crippen molar-refractivity contribution in [1.82, 2.24) is 4.90 Å². The van der Waals surface area contributed by atoms with Crippen molar-refractivity contribution in [2.75, 3.05) is 31.0 Å². The van der Waals surface area contributed by atoms with Gasteiger partial charge in [-0.05, 0) is 54.7 Å². The fraction of sp³-hybridized carbons (Fsp3) is 0.409. The Kier molecular flexibility index (Phi) is 7.48. The van der Waals surface area contributed by atoms with Gasteiger partial charge in [-0.2, -0.15) is 0 Å². The van der Waals surface area contributed by atoms with Gasteiger partial charge in [-0.15, -0.1) is 0 Å². The molecule has 0 aromatic heterocycles. The van der Waals surface area contributed by atoms with Crippen LogP contribution in [0.4, 0.5) is 11.4 Å². The van der Waals surface area contributed by atoms with Gasteiger partial charge in [-0.3, -0.25) is 19.2 Å². The number of amides is 1. The third-order valence-corrected chi connectivity index (χ3v) is 7.65. The van der Waals surface area contributed by atoms with Gasteiger partial charge in [0.2, 0.25) is 5.91 Å². The van der Waals surface area contributed by atoms with Gasteiger partial charge in [0.25, 0.3) is 15.7 Å². The van der Waals surface area contributed by atoms with E-state index in [1.54, 1.807) is 17.0 Å². The summed E-state index contributed by atoms with van der Waals surface area (Å²) in [4.78, 5) is 25.1. The number of benzene rings is 2. The first-order valence-electron chi connectivity index (χ1n) is 10.4. The number of nitrogens with zero attached hydrogens (tertiary/aromatic N) is 3. The molecule has 0 spiro atoms. The fourth-order valence-electron chi connectivity index (χ4n) is 4.07. The molecule has 3 rings (SSSR count). The van der Waals surface area contributed by atoms with Crippen LogP contribution in [0.2, 0.25) is 5.02 Å². The first-order chi connectivity index (χ1) is 15.5. The molecule has 2 aromatic rings. The summed E-state index contributed by atoms with van der Waals surface area (Å²) in [5.41, 5.74) is -0.294. The monoisotopic (exact) mass is 495 g/mol. The summed E-state index contributed by atoms with van der Waals surface area (Å²) in [6.45, 7) is 4.77. The lowest BCUT2D eigenvalue weighted by Crippen LogP contribution is -2.48. The van der Waals surface area contributed by atoms with Crippen molar-refractivity contribution in [3.8, 4) is 5.75 Å². The Hall–Kier alpha value is -2.85. The van der Waals surface area contributed by atoms with Gasteiger partial charge in [0.1, 0.15) is 17.3 Å². The summed E-state index contributed by atoms with van der Waals surface area (Å²) in [5.74, 6) is 0.796. The quantitative estimate of drug-likeness (QED) is 0.424. The van der Waals surface area contributed by atoms with Crippen LogP contribution in [-0.2, 0) is 14.8 Å². The molecule has 1 saturated heterocycles. The number of sulfonamides is 1. The Morgan fingerprint density at radius 2 is 1.79 bits per heavy atom. The second-order valence-corrected chi connectivity index (χ2v) is 10.6. The van der Waals surface area contributed by atoms with Gasteiger partial charge in [0.15, 0.2) is 0 Å². The normalized spacial score (nSPS) is 18.6. The minimum absolute atomic E-state index is 0.178.